The fourth-order valence-electron chi connectivity index (χ4n) is 5.68. The van der Waals surface area contributed by atoms with Gasteiger partial charge >= 0.3 is 5.97 Å². The first-order valence-corrected chi connectivity index (χ1v) is 13.4. The van der Waals surface area contributed by atoms with Crippen LogP contribution in [0.1, 0.15) is 39.9 Å². The standard InChI is InChI=1S/C30H28O7S/c1-34-30(12-23-16-36-27(13-30)37-23)21-4-2-3-18(9-21)15-35-22-5-6-24-20(10-22)11-25(29(32)33)26(14-31)28(24)19-7-8-38-17-19/h2-11,17,23,27,31H,12-16H2,1H3,(H,32,33). The number of rotatable bonds is 8. The third-order valence-corrected chi connectivity index (χ3v) is 8.22. The molecule has 0 amide bonds. The third kappa shape index (κ3) is 4.48. The summed E-state index contributed by atoms with van der Waals surface area (Å²) >= 11 is 1.52. The van der Waals surface area contributed by atoms with Crippen LogP contribution >= 0.6 is 11.3 Å². The zero-order valence-corrected chi connectivity index (χ0v) is 21.7. The first-order valence-electron chi connectivity index (χ1n) is 12.5. The van der Waals surface area contributed by atoms with Crippen molar-refractivity contribution in [2.45, 2.75) is 44.1 Å². The van der Waals surface area contributed by atoms with Crippen LogP contribution in [0.15, 0.2) is 65.4 Å². The van der Waals surface area contributed by atoms with Crippen LogP contribution in [-0.4, -0.2) is 42.3 Å². The number of carboxylic acids is 1. The Labute approximate surface area is 224 Å². The fourth-order valence-corrected chi connectivity index (χ4v) is 6.33. The van der Waals surface area contributed by atoms with Gasteiger partial charge in [-0.15, -0.1) is 0 Å². The van der Waals surface area contributed by atoms with Crippen LogP contribution in [0.2, 0.25) is 0 Å². The number of hydrogen-bond donors (Lipinski definition) is 2. The lowest BCUT2D eigenvalue weighted by atomic mass is 9.83. The number of benzene rings is 3. The summed E-state index contributed by atoms with van der Waals surface area (Å²) < 4.78 is 23.8. The van der Waals surface area contributed by atoms with Crippen LogP contribution in [0, 0.1) is 0 Å². The normalized spacial score (nSPS) is 22.6. The minimum absolute atomic E-state index is 0.0345. The van der Waals surface area contributed by atoms with E-state index >= 15 is 0 Å². The predicted molar refractivity (Wildman–Crippen MR) is 143 cm³/mol. The molecule has 0 radical (unpaired) electrons. The van der Waals surface area contributed by atoms with Crippen LogP contribution < -0.4 is 4.74 Å². The summed E-state index contributed by atoms with van der Waals surface area (Å²) in [6, 6.07) is 17.4. The Kier molecular flexibility index (Phi) is 6.67. The number of aliphatic hydroxyl groups is 1. The molecule has 196 valence electrons. The summed E-state index contributed by atoms with van der Waals surface area (Å²) in [4.78, 5) is 12.0. The number of carboxylic acid groups (broad SMARTS) is 1. The van der Waals surface area contributed by atoms with Crippen LogP contribution in [0.3, 0.4) is 0 Å². The summed E-state index contributed by atoms with van der Waals surface area (Å²) in [5.74, 6) is -0.444. The van der Waals surface area contributed by atoms with Gasteiger partial charge in [0.1, 0.15) is 18.0 Å². The maximum atomic E-state index is 12.0. The average molecular weight is 533 g/mol. The average Bonchev–Trinajstić information content (AvgIpc) is 3.60. The highest BCUT2D eigenvalue weighted by atomic mass is 32.1. The molecule has 4 aromatic rings. The molecule has 2 fully saturated rings. The molecule has 0 spiro atoms. The van der Waals surface area contributed by atoms with Gasteiger partial charge in [-0.1, -0.05) is 24.3 Å². The summed E-state index contributed by atoms with van der Waals surface area (Å²) in [6.45, 7) is 0.578. The minimum atomic E-state index is -1.07. The number of aromatic carboxylic acids is 1. The number of ether oxygens (including phenoxy) is 4. The lowest BCUT2D eigenvalue weighted by Crippen LogP contribution is -2.40. The van der Waals surface area contributed by atoms with Crippen molar-refractivity contribution in [3.63, 3.8) is 0 Å². The summed E-state index contributed by atoms with van der Waals surface area (Å²) in [5.41, 5.74) is 3.74. The summed E-state index contributed by atoms with van der Waals surface area (Å²) in [6.07, 6.45) is 1.17. The van der Waals surface area contributed by atoms with Crippen LogP contribution in [0.4, 0.5) is 0 Å². The summed E-state index contributed by atoms with van der Waals surface area (Å²) in [5, 5.41) is 25.4. The summed E-state index contributed by atoms with van der Waals surface area (Å²) in [7, 11) is 1.74. The Balaban J connectivity index is 1.29. The second-order valence-electron chi connectivity index (χ2n) is 9.75. The number of aliphatic hydroxyl groups excluding tert-OH is 1. The molecule has 2 aliphatic rings. The molecule has 8 heteroatoms. The fraction of sp³-hybridized carbons (Fsp3) is 0.300. The maximum Gasteiger partial charge on any atom is 0.336 e. The van der Waals surface area contributed by atoms with Crippen LogP contribution in [0.5, 0.6) is 5.75 Å². The van der Waals surface area contributed by atoms with Crippen molar-refractivity contribution in [3.8, 4) is 16.9 Å². The molecule has 6 rings (SSSR count). The lowest BCUT2D eigenvalue weighted by molar-refractivity contribution is -0.171. The van der Waals surface area contributed by atoms with Crippen molar-refractivity contribution >= 4 is 28.1 Å². The molecule has 38 heavy (non-hydrogen) atoms. The predicted octanol–water partition coefficient (Wildman–Crippen LogP) is 5.71. The van der Waals surface area contributed by atoms with Crippen LogP contribution in [-0.2, 0) is 33.0 Å². The zero-order chi connectivity index (χ0) is 26.3. The minimum Gasteiger partial charge on any atom is -0.489 e. The van der Waals surface area contributed by atoms with Gasteiger partial charge in [-0.25, -0.2) is 4.79 Å². The molecule has 3 heterocycles. The molecule has 0 saturated carbocycles. The van der Waals surface area contributed by atoms with Gasteiger partial charge in [-0.05, 0) is 74.1 Å². The molecule has 2 bridgehead atoms. The number of carbonyl (C=O) groups is 1. The topological polar surface area (TPSA) is 94.5 Å². The van der Waals surface area contributed by atoms with Crippen molar-refractivity contribution in [2.24, 2.45) is 0 Å². The quantitative estimate of drug-likeness (QED) is 0.300. The highest BCUT2D eigenvalue weighted by molar-refractivity contribution is 7.08. The van der Waals surface area contributed by atoms with Gasteiger partial charge in [0.15, 0.2) is 6.29 Å². The zero-order valence-electron chi connectivity index (χ0n) is 20.9. The van der Waals surface area contributed by atoms with Crippen molar-refractivity contribution in [3.05, 3.63) is 87.6 Å². The van der Waals surface area contributed by atoms with Crippen molar-refractivity contribution in [1.29, 1.82) is 0 Å². The maximum absolute atomic E-state index is 12.0. The molecule has 2 saturated heterocycles. The molecular formula is C30H28O7S. The van der Waals surface area contributed by atoms with E-state index in [0.29, 0.717) is 30.9 Å². The van der Waals surface area contributed by atoms with E-state index in [1.807, 2.05) is 47.2 Å². The van der Waals surface area contributed by atoms with E-state index in [9.17, 15) is 15.0 Å². The Hall–Kier alpha value is -3.27. The van der Waals surface area contributed by atoms with Crippen molar-refractivity contribution in [2.75, 3.05) is 13.7 Å². The number of methoxy groups -OCH3 is 1. The van der Waals surface area contributed by atoms with E-state index in [4.69, 9.17) is 18.9 Å². The molecule has 3 unspecified atom stereocenters. The van der Waals surface area contributed by atoms with Gasteiger partial charge < -0.3 is 29.2 Å². The monoisotopic (exact) mass is 532 g/mol. The second kappa shape index (κ2) is 10.1. The van der Waals surface area contributed by atoms with Gasteiger partial charge in [-0.3, -0.25) is 0 Å². The molecule has 1 aromatic heterocycles. The van der Waals surface area contributed by atoms with E-state index in [1.165, 1.54) is 11.3 Å². The number of thiophene rings is 1. The Morgan fingerprint density at radius 2 is 2.05 bits per heavy atom. The largest absolute Gasteiger partial charge is 0.489 e. The van der Waals surface area contributed by atoms with E-state index < -0.39 is 11.6 Å². The molecular weight excluding hydrogens is 504 g/mol. The van der Waals surface area contributed by atoms with E-state index in [2.05, 4.69) is 12.1 Å². The van der Waals surface area contributed by atoms with Crippen molar-refractivity contribution < 1.29 is 34.0 Å². The molecule has 3 atom stereocenters. The highest BCUT2D eigenvalue weighted by Crippen LogP contribution is 2.44. The number of hydrogen-bond acceptors (Lipinski definition) is 7. The van der Waals surface area contributed by atoms with E-state index in [1.54, 1.807) is 13.2 Å². The number of fused-ring (bicyclic) bond motifs is 3. The SMILES string of the molecule is COC1(c2cccc(COc3ccc4c(-c5ccsc5)c(CO)c(C(=O)O)cc4c3)c2)CC2COC(C1)O2. The van der Waals surface area contributed by atoms with Crippen molar-refractivity contribution in [1.82, 2.24) is 0 Å². The molecule has 2 aliphatic heterocycles. The molecule has 7 nitrogen and oxygen atoms in total. The van der Waals surface area contributed by atoms with Crippen LogP contribution in [0.25, 0.3) is 21.9 Å². The van der Waals surface area contributed by atoms with Gasteiger partial charge in [0.25, 0.3) is 0 Å². The van der Waals surface area contributed by atoms with E-state index in [0.717, 1.165) is 39.4 Å². The van der Waals surface area contributed by atoms with Gasteiger partial charge in [0.2, 0.25) is 0 Å². The lowest BCUT2D eigenvalue weighted by Gasteiger charge is -2.39. The molecule has 2 N–H and O–H groups in total. The first-order chi connectivity index (χ1) is 18.5. The van der Waals surface area contributed by atoms with Gasteiger partial charge in [0.05, 0.1) is 24.9 Å². The van der Waals surface area contributed by atoms with Gasteiger partial charge in [0, 0.05) is 25.5 Å². The van der Waals surface area contributed by atoms with E-state index in [-0.39, 0.29) is 24.6 Å². The first kappa shape index (κ1) is 25.0. The highest BCUT2D eigenvalue weighted by Gasteiger charge is 2.47. The molecule has 3 aromatic carbocycles. The van der Waals surface area contributed by atoms with Gasteiger partial charge in [-0.2, -0.15) is 11.3 Å². The Morgan fingerprint density at radius 3 is 2.79 bits per heavy atom. The smallest absolute Gasteiger partial charge is 0.336 e. The second-order valence-corrected chi connectivity index (χ2v) is 10.5. The molecule has 0 aliphatic carbocycles. The Morgan fingerprint density at radius 1 is 1.16 bits per heavy atom. The Bertz CT molecular complexity index is 1470. The third-order valence-electron chi connectivity index (χ3n) is 7.53.